The van der Waals surface area contributed by atoms with Crippen LogP contribution in [0, 0.1) is 5.92 Å². The Morgan fingerprint density at radius 3 is 2.54 bits per heavy atom. The van der Waals surface area contributed by atoms with Crippen LogP contribution in [0.1, 0.15) is 38.5 Å². The molecule has 0 unspecified atom stereocenters. The number of carboxylic acid groups (broad SMARTS) is 1. The second kappa shape index (κ2) is 3.29. The Labute approximate surface area is 78.5 Å². The van der Waals surface area contributed by atoms with Gasteiger partial charge in [0.15, 0.2) is 0 Å². The third-order valence-corrected chi connectivity index (χ3v) is 3.33. The maximum atomic E-state index is 10.9. The van der Waals surface area contributed by atoms with E-state index >= 15 is 0 Å². The molecule has 2 saturated carbocycles. The van der Waals surface area contributed by atoms with Crippen LogP contribution in [-0.2, 0) is 4.79 Å². The summed E-state index contributed by atoms with van der Waals surface area (Å²) >= 11 is 0. The number of hydrogen-bond acceptors (Lipinski definition) is 2. The van der Waals surface area contributed by atoms with E-state index in [1.54, 1.807) is 0 Å². The number of carbonyl (C=O) groups is 1. The van der Waals surface area contributed by atoms with E-state index < -0.39 is 11.5 Å². The lowest BCUT2D eigenvalue weighted by atomic mass is 9.77. The number of carboxylic acids is 1. The molecule has 0 amide bonds. The SMILES string of the molecule is O=C(O)C1(NCCC2CC2)CCC1. The van der Waals surface area contributed by atoms with Crippen LogP contribution in [0.15, 0.2) is 0 Å². The number of rotatable bonds is 5. The summed E-state index contributed by atoms with van der Waals surface area (Å²) in [6.45, 7) is 0.886. The lowest BCUT2D eigenvalue weighted by Crippen LogP contribution is -2.57. The first-order valence-electron chi connectivity index (χ1n) is 5.21. The molecule has 0 atom stereocenters. The van der Waals surface area contributed by atoms with Gasteiger partial charge in [-0.05, 0) is 38.1 Å². The minimum Gasteiger partial charge on any atom is -0.480 e. The summed E-state index contributed by atoms with van der Waals surface area (Å²) in [7, 11) is 0. The molecule has 3 nitrogen and oxygen atoms in total. The maximum Gasteiger partial charge on any atom is 0.323 e. The lowest BCUT2D eigenvalue weighted by molar-refractivity contribution is -0.148. The van der Waals surface area contributed by atoms with E-state index in [1.165, 1.54) is 12.8 Å². The topological polar surface area (TPSA) is 49.3 Å². The van der Waals surface area contributed by atoms with E-state index in [2.05, 4.69) is 5.32 Å². The number of hydrogen-bond donors (Lipinski definition) is 2. The van der Waals surface area contributed by atoms with Crippen molar-refractivity contribution >= 4 is 5.97 Å². The van der Waals surface area contributed by atoms with Crippen LogP contribution in [0.3, 0.4) is 0 Å². The van der Waals surface area contributed by atoms with Crippen LogP contribution in [0.5, 0.6) is 0 Å². The van der Waals surface area contributed by atoms with Crippen LogP contribution in [0.2, 0.25) is 0 Å². The fourth-order valence-corrected chi connectivity index (χ4v) is 1.92. The molecular weight excluding hydrogens is 166 g/mol. The molecular formula is C10H17NO2. The highest BCUT2D eigenvalue weighted by atomic mass is 16.4. The Balaban J connectivity index is 1.73. The Bertz CT molecular complexity index is 207. The molecule has 0 aromatic carbocycles. The summed E-state index contributed by atoms with van der Waals surface area (Å²) < 4.78 is 0. The third-order valence-electron chi connectivity index (χ3n) is 3.33. The average Bonchev–Trinajstić information content (AvgIpc) is 2.76. The van der Waals surface area contributed by atoms with E-state index in [9.17, 15) is 4.79 Å². The first-order chi connectivity index (χ1) is 6.23. The van der Waals surface area contributed by atoms with Gasteiger partial charge in [0.25, 0.3) is 0 Å². The zero-order chi connectivity index (χ0) is 9.31. The van der Waals surface area contributed by atoms with Crippen molar-refractivity contribution in [2.24, 2.45) is 5.92 Å². The smallest absolute Gasteiger partial charge is 0.323 e. The Hall–Kier alpha value is -0.570. The molecule has 0 aliphatic heterocycles. The fourth-order valence-electron chi connectivity index (χ4n) is 1.92. The van der Waals surface area contributed by atoms with Crippen molar-refractivity contribution in [2.75, 3.05) is 6.54 Å². The molecule has 3 heteroatoms. The van der Waals surface area contributed by atoms with Gasteiger partial charge >= 0.3 is 5.97 Å². The highest BCUT2D eigenvalue weighted by Gasteiger charge is 2.43. The van der Waals surface area contributed by atoms with Gasteiger partial charge in [-0.2, -0.15) is 0 Å². The standard InChI is InChI=1S/C10H17NO2/c12-9(13)10(5-1-6-10)11-7-4-8-2-3-8/h8,11H,1-7H2,(H,12,13). The van der Waals surface area contributed by atoms with Gasteiger partial charge in [-0.15, -0.1) is 0 Å². The molecule has 2 aliphatic carbocycles. The highest BCUT2D eigenvalue weighted by Crippen LogP contribution is 2.34. The zero-order valence-corrected chi connectivity index (χ0v) is 7.88. The summed E-state index contributed by atoms with van der Waals surface area (Å²) in [6, 6.07) is 0. The fraction of sp³-hybridized carbons (Fsp3) is 0.900. The second-order valence-corrected chi connectivity index (χ2v) is 4.40. The van der Waals surface area contributed by atoms with E-state index in [-0.39, 0.29) is 0 Å². The molecule has 2 N–H and O–H groups in total. The number of nitrogens with one attached hydrogen (secondary N) is 1. The Morgan fingerprint density at radius 1 is 1.46 bits per heavy atom. The molecule has 0 aromatic heterocycles. The van der Waals surface area contributed by atoms with E-state index in [4.69, 9.17) is 5.11 Å². The molecule has 2 rings (SSSR count). The summed E-state index contributed by atoms with van der Waals surface area (Å²) in [5, 5.41) is 12.2. The van der Waals surface area contributed by atoms with Gasteiger partial charge in [-0.3, -0.25) is 4.79 Å². The van der Waals surface area contributed by atoms with E-state index in [0.717, 1.165) is 38.1 Å². The molecule has 0 radical (unpaired) electrons. The Kier molecular flexibility index (Phi) is 2.28. The minimum atomic E-state index is -0.658. The first kappa shape index (κ1) is 9.00. The minimum absolute atomic E-state index is 0.547. The van der Waals surface area contributed by atoms with Crippen molar-refractivity contribution < 1.29 is 9.90 Å². The van der Waals surface area contributed by atoms with Gasteiger partial charge < -0.3 is 10.4 Å². The molecule has 13 heavy (non-hydrogen) atoms. The molecule has 0 spiro atoms. The third kappa shape index (κ3) is 1.85. The first-order valence-corrected chi connectivity index (χ1v) is 5.21. The van der Waals surface area contributed by atoms with Crippen molar-refractivity contribution in [3.05, 3.63) is 0 Å². The van der Waals surface area contributed by atoms with Crippen molar-refractivity contribution in [2.45, 2.75) is 44.1 Å². The van der Waals surface area contributed by atoms with E-state index in [0.29, 0.717) is 0 Å². The summed E-state index contributed by atoms with van der Waals surface area (Å²) in [6.07, 6.45) is 6.54. The van der Waals surface area contributed by atoms with Gasteiger partial charge in [-0.1, -0.05) is 12.8 Å². The van der Waals surface area contributed by atoms with Crippen LogP contribution in [0.25, 0.3) is 0 Å². The quantitative estimate of drug-likeness (QED) is 0.677. The summed E-state index contributed by atoms with van der Waals surface area (Å²) in [4.78, 5) is 10.9. The van der Waals surface area contributed by atoms with Crippen LogP contribution in [-0.4, -0.2) is 23.2 Å². The van der Waals surface area contributed by atoms with Crippen molar-refractivity contribution in [3.63, 3.8) is 0 Å². The highest BCUT2D eigenvalue weighted by molar-refractivity contribution is 5.79. The molecule has 2 fully saturated rings. The van der Waals surface area contributed by atoms with Gasteiger partial charge in [0.05, 0.1) is 0 Å². The van der Waals surface area contributed by atoms with Crippen LogP contribution in [0.4, 0.5) is 0 Å². The van der Waals surface area contributed by atoms with Crippen LogP contribution < -0.4 is 5.32 Å². The van der Waals surface area contributed by atoms with Crippen molar-refractivity contribution in [1.82, 2.24) is 5.32 Å². The van der Waals surface area contributed by atoms with Gasteiger partial charge in [0, 0.05) is 0 Å². The maximum absolute atomic E-state index is 10.9. The largest absolute Gasteiger partial charge is 0.480 e. The average molecular weight is 183 g/mol. The monoisotopic (exact) mass is 183 g/mol. The zero-order valence-electron chi connectivity index (χ0n) is 7.88. The molecule has 74 valence electrons. The van der Waals surface area contributed by atoms with Gasteiger partial charge in [0.1, 0.15) is 5.54 Å². The lowest BCUT2D eigenvalue weighted by Gasteiger charge is -2.38. The molecule has 0 heterocycles. The summed E-state index contributed by atoms with van der Waals surface area (Å²) in [5.74, 6) is 0.230. The Morgan fingerprint density at radius 2 is 2.15 bits per heavy atom. The molecule has 2 aliphatic rings. The van der Waals surface area contributed by atoms with Crippen molar-refractivity contribution in [1.29, 1.82) is 0 Å². The predicted octanol–water partition coefficient (Wildman–Crippen LogP) is 1.38. The molecule has 0 aromatic rings. The molecule has 0 bridgehead atoms. The predicted molar refractivity (Wildman–Crippen MR) is 49.6 cm³/mol. The molecule has 0 saturated heterocycles. The number of aliphatic carboxylic acids is 1. The van der Waals surface area contributed by atoms with E-state index in [1.807, 2.05) is 0 Å². The summed E-state index contributed by atoms with van der Waals surface area (Å²) in [5.41, 5.74) is -0.547. The van der Waals surface area contributed by atoms with Gasteiger partial charge in [0.2, 0.25) is 0 Å². The van der Waals surface area contributed by atoms with Crippen LogP contribution >= 0.6 is 0 Å². The van der Waals surface area contributed by atoms with Crippen molar-refractivity contribution in [3.8, 4) is 0 Å². The van der Waals surface area contributed by atoms with Gasteiger partial charge in [-0.25, -0.2) is 0 Å². The normalized spacial score (nSPS) is 25.2. The second-order valence-electron chi connectivity index (χ2n) is 4.40.